The second-order valence-electron chi connectivity index (χ2n) is 10.0. The topological polar surface area (TPSA) is 20.2 Å². The predicted molar refractivity (Wildman–Crippen MR) is 141 cm³/mol. The fourth-order valence-corrected chi connectivity index (χ4v) is 5.88. The molecule has 34 heavy (non-hydrogen) atoms. The van der Waals surface area contributed by atoms with Crippen molar-refractivity contribution in [2.75, 3.05) is 7.05 Å². The molecular weight excluding hydrogens is 414 g/mol. The van der Waals surface area contributed by atoms with E-state index in [1.54, 1.807) is 0 Å². The number of quaternary nitrogens is 1. The van der Waals surface area contributed by atoms with Crippen LogP contribution in [0.15, 0.2) is 103 Å². The maximum atomic E-state index is 11.4. The molecule has 0 amide bonds. The molecule has 0 saturated heterocycles. The molecule has 0 spiro atoms. The lowest BCUT2D eigenvalue weighted by Gasteiger charge is -2.42. The normalized spacial score (nSPS) is 16.4. The third kappa shape index (κ3) is 3.34. The molecular formula is C32H30NO+. The largest absolute Gasteiger partial charge is 0.382 e. The minimum atomic E-state index is -0.530. The van der Waals surface area contributed by atoms with Crippen molar-refractivity contribution in [1.29, 1.82) is 0 Å². The molecule has 0 aromatic heterocycles. The van der Waals surface area contributed by atoms with Crippen molar-refractivity contribution >= 4 is 21.5 Å². The van der Waals surface area contributed by atoms with Crippen LogP contribution >= 0.6 is 0 Å². The Morgan fingerprint density at radius 2 is 1.09 bits per heavy atom. The van der Waals surface area contributed by atoms with Gasteiger partial charge in [0.1, 0.15) is 25.2 Å². The Balaban J connectivity index is 1.60. The van der Waals surface area contributed by atoms with E-state index in [0.29, 0.717) is 0 Å². The molecule has 2 heteroatoms. The third-order valence-corrected chi connectivity index (χ3v) is 7.93. The molecule has 168 valence electrons. The minimum absolute atomic E-state index is 0.0270. The number of hydrogen-bond acceptors (Lipinski definition) is 1. The molecule has 1 aliphatic heterocycles. The zero-order valence-electron chi connectivity index (χ0n) is 19.8. The summed E-state index contributed by atoms with van der Waals surface area (Å²) in [4.78, 5) is 0. The van der Waals surface area contributed by atoms with Crippen LogP contribution in [-0.2, 0) is 13.1 Å². The Kier molecular flexibility index (Phi) is 5.02. The zero-order valence-corrected chi connectivity index (χ0v) is 19.8. The molecule has 2 nitrogen and oxygen atoms in total. The average molecular weight is 445 g/mol. The molecule has 0 fully saturated rings. The van der Waals surface area contributed by atoms with Gasteiger partial charge in [-0.2, -0.15) is 0 Å². The summed E-state index contributed by atoms with van der Waals surface area (Å²) < 4.78 is 0.743. The summed E-state index contributed by atoms with van der Waals surface area (Å²) in [5.74, 6) is 0. The van der Waals surface area contributed by atoms with Gasteiger partial charge in [0, 0.05) is 11.1 Å². The first kappa shape index (κ1) is 21.1. The van der Waals surface area contributed by atoms with Gasteiger partial charge in [-0.25, -0.2) is 0 Å². The van der Waals surface area contributed by atoms with E-state index in [-0.39, 0.29) is 6.04 Å². The van der Waals surface area contributed by atoms with Gasteiger partial charge in [-0.3, -0.25) is 0 Å². The number of aliphatic hydroxyl groups is 1. The van der Waals surface area contributed by atoms with Crippen molar-refractivity contribution < 1.29 is 9.59 Å². The Bertz CT molecular complexity index is 1420. The van der Waals surface area contributed by atoms with Crippen molar-refractivity contribution in [3.63, 3.8) is 0 Å². The fraction of sp³-hybridized carbons (Fsp3) is 0.188. The van der Waals surface area contributed by atoms with Crippen molar-refractivity contribution in [2.24, 2.45) is 0 Å². The number of aliphatic hydroxyl groups excluding tert-OH is 1. The Hall–Kier alpha value is -3.46. The van der Waals surface area contributed by atoms with Gasteiger partial charge in [0.25, 0.3) is 0 Å². The molecule has 1 N–H and O–H groups in total. The zero-order chi connectivity index (χ0) is 23.3. The number of nitrogens with zero attached hydrogens (tertiary/aromatic N) is 1. The first-order valence-corrected chi connectivity index (χ1v) is 12.1. The van der Waals surface area contributed by atoms with Crippen LogP contribution in [0.3, 0.4) is 0 Å². The van der Waals surface area contributed by atoms with Gasteiger partial charge in [-0.15, -0.1) is 0 Å². The second-order valence-corrected chi connectivity index (χ2v) is 10.0. The molecule has 5 aromatic rings. The van der Waals surface area contributed by atoms with Crippen LogP contribution in [0.4, 0.5) is 0 Å². The quantitative estimate of drug-likeness (QED) is 0.291. The first-order valence-electron chi connectivity index (χ1n) is 12.1. The highest BCUT2D eigenvalue weighted by molar-refractivity contribution is 6.07. The minimum Gasteiger partial charge on any atom is -0.382 e. The van der Waals surface area contributed by atoms with E-state index in [2.05, 4.69) is 86.8 Å². The molecule has 5 aromatic carbocycles. The average Bonchev–Trinajstić information content (AvgIpc) is 3.02. The summed E-state index contributed by atoms with van der Waals surface area (Å²) in [6.45, 7) is 3.94. The Morgan fingerprint density at radius 3 is 1.62 bits per heavy atom. The number of likely N-dealkylation sites (N-methyl/N-ethyl adjacent to an activating group) is 1. The predicted octanol–water partition coefficient (Wildman–Crippen LogP) is 7.24. The monoisotopic (exact) mass is 444 g/mol. The molecule has 0 saturated carbocycles. The highest BCUT2D eigenvalue weighted by Gasteiger charge is 2.39. The summed E-state index contributed by atoms with van der Waals surface area (Å²) in [7, 11) is 2.31. The molecule has 0 aliphatic carbocycles. The number of hydrogen-bond donors (Lipinski definition) is 1. The molecule has 0 unspecified atom stereocenters. The highest BCUT2D eigenvalue weighted by atomic mass is 16.3. The Morgan fingerprint density at radius 1 is 0.618 bits per heavy atom. The molecule has 6 rings (SSSR count). The molecule has 0 radical (unpaired) electrons. The van der Waals surface area contributed by atoms with E-state index in [0.717, 1.165) is 23.1 Å². The van der Waals surface area contributed by atoms with Gasteiger partial charge in [-0.05, 0) is 45.2 Å². The van der Waals surface area contributed by atoms with Gasteiger partial charge >= 0.3 is 0 Å². The first-order chi connectivity index (χ1) is 16.5. The maximum absolute atomic E-state index is 11.4. The Labute approximate surface area is 201 Å². The van der Waals surface area contributed by atoms with E-state index in [1.807, 2.05) is 30.3 Å². The van der Waals surface area contributed by atoms with E-state index < -0.39 is 6.10 Å². The smallest absolute Gasteiger partial charge is 0.130 e. The van der Waals surface area contributed by atoms with Crippen LogP contribution in [0, 0.1) is 0 Å². The van der Waals surface area contributed by atoms with Gasteiger partial charge < -0.3 is 9.59 Å². The third-order valence-electron chi connectivity index (χ3n) is 7.93. The second kappa shape index (κ2) is 8.09. The molecule has 1 aliphatic rings. The van der Waals surface area contributed by atoms with Crippen LogP contribution in [0.2, 0.25) is 0 Å². The van der Waals surface area contributed by atoms with E-state index in [4.69, 9.17) is 0 Å². The SMILES string of the molecule is C[C@H]([C@@H](O)c1ccccc1)[N+]1(C)Cc2ccc3ccccc3c2-c2c(ccc3ccccc23)C1. The maximum Gasteiger partial charge on any atom is 0.130 e. The molecule has 1 heterocycles. The van der Waals surface area contributed by atoms with E-state index >= 15 is 0 Å². The fourth-order valence-electron chi connectivity index (χ4n) is 5.88. The van der Waals surface area contributed by atoms with Crippen LogP contribution in [-0.4, -0.2) is 22.7 Å². The van der Waals surface area contributed by atoms with Crippen LogP contribution in [0.25, 0.3) is 32.7 Å². The summed E-state index contributed by atoms with van der Waals surface area (Å²) in [6, 6.07) is 36.7. The van der Waals surface area contributed by atoms with Crippen molar-refractivity contribution in [2.45, 2.75) is 32.2 Å². The summed E-state index contributed by atoms with van der Waals surface area (Å²) in [5, 5.41) is 16.6. The number of fused-ring (bicyclic) bond motifs is 7. The number of rotatable bonds is 3. The molecule has 2 atom stereocenters. The lowest BCUT2D eigenvalue weighted by Crippen LogP contribution is -2.51. The van der Waals surface area contributed by atoms with Gasteiger partial charge in [0.15, 0.2) is 0 Å². The standard InChI is InChI=1S/C32H30NO/c1-22(32(34)25-12-4-3-5-13-25)33(2)20-26-18-16-23-10-6-8-14-28(23)30(26)31-27(21-33)19-17-24-11-7-9-15-29(24)31/h3-19,22,32,34H,20-21H2,1-2H3/q+1/t22-,32-/m1/s1. The summed E-state index contributed by atoms with van der Waals surface area (Å²) >= 11 is 0. The van der Waals surface area contributed by atoms with E-state index in [1.165, 1.54) is 43.8 Å². The van der Waals surface area contributed by atoms with Crippen LogP contribution in [0.1, 0.15) is 29.7 Å². The van der Waals surface area contributed by atoms with Crippen LogP contribution in [0.5, 0.6) is 0 Å². The van der Waals surface area contributed by atoms with Crippen molar-refractivity contribution in [1.82, 2.24) is 0 Å². The number of benzene rings is 5. The van der Waals surface area contributed by atoms with Crippen molar-refractivity contribution in [3.8, 4) is 11.1 Å². The lowest BCUT2D eigenvalue weighted by molar-refractivity contribution is -0.960. The van der Waals surface area contributed by atoms with Crippen molar-refractivity contribution in [3.05, 3.63) is 120 Å². The lowest BCUT2D eigenvalue weighted by atomic mass is 9.88. The highest BCUT2D eigenvalue weighted by Crippen LogP contribution is 2.44. The van der Waals surface area contributed by atoms with Gasteiger partial charge in [0.2, 0.25) is 0 Å². The van der Waals surface area contributed by atoms with Crippen LogP contribution < -0.4 is 0 Å². The molecule has 0 bridgehead atoms. The van der Waals surface area contributed by atoms with E-state index in [9.17, 15) is 5.11 Å². The van der Waals surface area contributed by atoms with Gasteiger partial charge in [0.05, 0.1) is 7.05 Å². The van der Waals surface area contributed by atoms with Gasteiger partial charge in [-0.1, -0.05) is 103 Å². The summed E-state index contributed by atoms with van der Waals surface area (Å²) in [6.07, 6.45) is -0.530. The summed E-state index contributed by atoms with van der Waals surface area (Å²) in [5.41, 5.74) is 6.39.